The Morgan fingerprint density at radius 1 is 1.44 bits per heavy atom. The zero-order valence-corrected chi connectivity index (χ0v) is 15.9. The van der Waals surface area contributed by atoms with Crippen molar-refractivity contribution in [2.75, 3.05) is 0 Å². The van der Waals surface area contributed by atoms with Gasteiger partial charge >= 0.3 is 11.9 Å². The molecule has 0 radical (unpaired) electrons. The minimum atomic E-state index is -1.43. The largest absolute Gasteiger partial charge is 0.458 e. The number of hydrogen-bond acceptors (Lipinski definition) is 7. The molecule has 0 bridgehead atoms. The Balaban J connectivity index is 2.03. The first-order valence-corrected chi connectivity index (χ1v) is 8.91. The Morgan fingerprint density at radius 3 is 2.74 bits per heavy atom. The summed E-state index contributed by atoms with van der Waals surface area (Å²) in [5.41, 5.74) is -0.505. The van der Waals surface area contributed by atoms with Crippen LogP contribution in [0.1, 0.15) is 34.1 Å². The molecule has 1 N–H and O–H groups in total. The van der Waals surface area contributed by atoms with E-state index in [4.69, 9.17) is 14.2 Å². The standard InChI is InChI=1S/C20H24O7/c1-6-9(2)18(22)26-13-8-20(5,24)17-16(27-17)15(21)10(3)7-12-14(13)11(4)19(23)25-12/h6-7,12-14,16-17,24H,4,8H2,1-3,5H3/b9-6+,10-7?/t12-,13+,14-,16-,17+,20+/m0/s1. The zero-order chi connectivity index (χ0) is 20.1. The minimum absolute atomic E-state index is 0.0199. The quantitative estimate of drug-likeness (QED) is 0.441. The van der Waals surface area contributed by atoms with Gasteiger partial charge in [0.15, 0.2) is 5.78 Å². The van der Waals surface area contributed by atoms with E-state index in [9.17, 15) is 19.5 Å². The van der Waals surface area contributed by atoms with Gasteiger partial charge in [0.1, 0.15) is 24.4 Å². The van der Waals surface area contributed by atoms with Crippen LogP contribution >= 0.6 is 0 Å². The summed E-state index contributed by atoms with van der Waals surface area (Å²) >= 11 is 0. The zero-order valence-electron chi connectivity index (χ0n) is 15.9. The molecule has 2 saturated heterocycles. The van der Waals surface area contributed by atoms with Crippen molar-refractivity contribution in [3.8, 4) is 0 Å². The van der Waals surface area contributed by atoms with Crippen molar-refractivity contribution in [1.29, 1.82) is 0 Å². The van der Waals surface area contributed by atoms with Crippen LogP contribution in [0.25, 0.3) is 0 Å². The van der Waals surface area contributed by atoms with Crippen LogP contribution in [-0.4, -0.2) is 52.8 Å². The highest BCUT2D eigenvalue weighted by atomic mass is 16.6. The lowest BCUT2D eigenvalue weighted by Crippen LogP contribution is -2.44. The number of rotatable bonds is 2. The number of aliphatic hydroxyl groups is 1. The molecule has 27 heavy (non-hydrogen) atoms. The van der Waals surface area contributed by atoms with Gasteiger partial charge in [-0.2, -0.15) is 0 Å². The van der Waals surface area contributed by atoms with Gasteiger partial charge in [-0.15, -0.1) is 0 Å². The summed E-state index contributed by atoms with van der Waals surface area (Å²) in [6.45, 7) is 10.2. The third-order valence-corrected chi connectivity index (χ3v) is 5.46. The van der Waals surface area contributed by atoms with E-state index in [1.807, 2.05) is 0 Å². The first-order chi connectivity index (χ1) is 12.6. The van der Waals surface area contributed by atoms with Crippen molar-refractivity contribution in [3.05, 3.63) is 35.5 Å². The number of allylic oxidation sites excluding steroid dienone is 1. The number of Topliss-reactive ketones (excluding diaryl/α,β-unsaturated/α-hetero) is 1. The van der Waals surface area contributed by atoms with E-state index in [0.717, 1.165) is 0 Å². The predicted octanol–water partition coefficient (Wildman–Crippen LogP) is 1.40. The molecular formula is C20H24O7. The Labute approximate surface area is 157 Å². The monoisotopic (exact) mass is 376 g/mol. The Bertz CT molecular complexity index is 773. The summed E-state index contributed by atoms with van der Waals surface area (Å²) in [7, 11) is 0. The molecule has 2 fully saturated rings. The minimum Gasteiger partial charge on any atom is -0.458 e. The number of esters is 2. The molecule has 2 aliphatic heterocycles. The van der Waals surface area contributed by atoms with Gasteiger partial charge in [0.25, 0.3) is 0 Å². The molecule has 0 aromatic carbocycles. The van der Waals surface area contributed by atoms with E-state index >= 15 is 0 Å². The van der Waals surface area contributed by atoms with Crippen molar-refractivity contribution in [2.24, 2.45) is 5.92 Å². The van der Waals surface area contributed by atoms with Gasteiger partial charge in [0, 0.05) is 17.6 Å². The molecule has 2 heterocycles. The van der Waals surface area contributed by atoms with Crippen LogP contribution in [0, 0.1) is 5.92 Å². The average molecular weight is 376 g/mol. The second-order valence-corrected chi connectivity index (χ2v) is 7.59. The Morgan fingerprint density at radius 2 is 2.11 bits per heavy atom. The van der Waals surface area contributed by atoms with Gasteiger partial charge in [-0.25, -0.2) is 9.59 Å². The fraction of sp³-hybridized carbons (Fsp3) is 0.550. The second-order valence-electron chi connectivity index (χ2n) is 7.59. The predicted molar refractivity (Wildman–Crippen MR) is 94.5 cm³/mol. The van der Waals surface area contributed by atoms with Crippen LogP contribution in [0.15, 0.2) is 35.5 Å². The highest BCUT2D eigenvalue weighted by Gasteiger charge is 2.58. The van der Waals surface area contributed by atoms with E-state index < -0.39 is 47.9 Å². The van der Waals surface area contributed by atoms with E-state index in [0.29, 0.717) is 11.1 Å². The fourth-order valence-electron chi connectivity index (χ4n) is 3.63. The van der Waals surface area contributed by atoms with Crippen molar-refractivity contribution < 1.29 is 33.7 Å². The van der Waals surface area contributed by atoms with Crippen LogP contribution in [0.5, 0.6) is 0 Å². The highest BCUT2D eigenvalue weighted by molar-refractivity contribution is 6.01. The molecule has 0 amide bonds. The SMILES string of the molecule is C=C1C(=O)O[C@H]2C=C(C)C(=O)[C@@H]3O[C@H]3[C@](C)(O)C[C@@H](OC(=O)/C(C)=C/C)[C@@H]12. The van der Waals surface area contributed by atoms with Crippen molar-refractivity contribution in [1.82, 2.24) is 0 Å². The number of hydrogen-bond donors (Lipinski definition) is 1. The number of epoxide rings is 1. The maximum atomic E-state index is 12.5. The molecule has 146 valence electrons. The van der Waals surface area contributed by atoms with Crippen LogP contribution in [0.4, 0.5) is 0 Å². The third-order valence-electron chi connectivity index (χ3n) is 5.46. The number of ether oxygens (including phenoxy) is 3. The fourth-order valence-corrected chi connectivity index (χ4v) is 3.63. The Kier molecular flexibility index (Phi) is 4.86. The van der Waals surface area contributed by atoms with Gasteiger partial charge in [-0.3, -0.25) is 4.79 Å². The van der Waals surface area contributed by atoms with Gasteiger partial charge in [0.2, 0.25) is 0 Å². The summed E-state index contributed by atoms with van der Waals surface area (Å²) in [4.78, 5) is 36.9. The molecule has 3 rings (SSSR count). The van der Waals surface area contributed by atoms with Gasteiger partial charge < -0.3 is 19.3 Å². The summed E-state index contributed by atoms with van der Waals surface area (Å²) in [6.07, 6.45) is 0.0321. The molecule has 0 spiro atoms. The van der Waals surface area contributed by atoms with E-state index in [2.05, 4.69) is 6.58 Å². The third kappa shape index (κ3) is 3.49. The normalized spacial score (nSPS) is 39.1. The second kappa shape index (κ2) is 6.73. The van der Waals surface area contributed by atoms with Gasteiger partial charge in [-0.1, -0.05) is 12.7 Å². The first-order valence-electron chi connectivity index (χ1n) is 8.91. The summed E-state index contributed by atoms with van der Waals surface area (Å²) < 4.78 is 16.4. The smallest absolute Gasteiger partial charge is 0.334 e. The van der Waals surface area contributed by atoms with E-state index in [1.165, 1.54) is 6.92 Å². The lowest BCUT2D eigenvalue weighted by atomic mass is 9.80. The topological polar surface area (TPSA) is 102 Å². The van der Waals surface area contributed by atoms with Crippen LogP contribution < -0.4 is 0 Å². The molecule has 0 unspecified atom stereocenters. The molecule has 0 saturated carbocycles. The van der Waals surface area contributed by atoms with Gasteiger partial charge in [-0.05, 0) is 39.3 Å². The molecule has 7 heteroatoms. The summed E-state index contributed by atoms with van der Waals surface area (Å²) in [5, 5.41) is 10.9. The maximum Gasteiger partial charge on any atom is 0.334 e. The molecular weight excluding hydrogens is 352 g/mol. The summed E-state index contributed by atoms with van der Waals surface area (Å²) in [5.74, 6) is -2.11. The Hall–Kier alpha value is -2.25. The molecule has 0 aromatic heterocycles. The molecule has 0 aromatic rings. The van der Waals surface area contributed by atoms with Crippen LogP contribution in [0.2, 0.25) is 0 Å². The van der Waals surface area contributed by atoms with Gasteiger partial charge in [0.05, 0.1) is 11.5 Å². The number of fused-ring (bicyclic) bond motifs is 2. The number of carbonyl (C=O) groups excluding carboxylic acids is 3. The van der Waals surface area contributed by atoms with Crippen molar-refractivity contribution in [3.63, 3.8) is 0 Å². The lowest BCUT2D eigenvalue weighted by molar-refractivity contribution is -0.151. The average Bonchev–Trinajstić information content (AvgIpc) is 3.35. The number of ketones is 1. The van der Waals surface area contributed by atoms with Crippen LogP contribution in [0.3, 0.4) is 0 Å². The van der Waals surface area contributed by atoms with Crippen molar-refractivity contribution in [2.45, 2.75) is 64.1 Å². The van der Waals surface area contributed by atoms with Crippen molar-refractivity contribution >= 4 is 17.7 Å². The molecule has 7 nitrogen and oxygen atoms in total. The maximum absolute atomic E-state index is 12.5. The van der Waals surface area contributed by atoms with E-state index in [1.54, 1.807) is 32.9 Å². The van der Waals surface area contributed by atoms with Crippen LogP contribution in [-0.2, 0) is 28.6 Å². The molecule has 1 aliphatic carbocycles. The van der Waals surface area contributed by atoms with E-state index in [-0.39, 0.29) is 17.8 Å². The highest BCUT2D eigenvalue weighted by Crippen LogP contribution is 2.43. The molecule has 6 atom stereocenters. The first kappa shape index (κ1) is 19.5. The molecule has 3 aliphatic rings. The summed E-state index contributed by atoms with van der Waals surface area (Å²) in [6, 6.07) is 0. The number of carbonyl (C=O) groups is 3. The lowest BCUT2D eigenvalue weighted by Gasteiger charge is -2.32.